The highest BCUT2D eigenvalue weighted by Gasteiger charge is 2.28. The van der Waals surface area contributed by atoms with Crippen molar-refractivity contribution < 1.29 is 33.8 Å². The number of benzene rings is 2. The Bertz CT molecular complexity index is 901. The van der Waals surface area contributed by atoms with Crippen molar-refractivity contribution in [3.8, 4) is 11.1 Å². The van der Waals surface area contributed by atoms with Crippen molar-refractivity contribution >= 4 is 18.0 Å². The van der Waals surface area contributed by atoms with Crippen LogP contribution in [0.2, 0.25) is 0 Å². The molecule has 0 aliphatic heterocycles. The Hall–Kier alpha value is -3.43. The minimum Gasteiger partial charge on any atom is -0.479 e. The van der Waals surface area contributed by atoms with Crippen LogP contribution in [0.3, 0.4) is 0 Å². The number of rotatable bonds is 10. The van der Waals surface area contributed by atoms with E-state index in [0.29, 0.717) is 0 Å². The van der Waals surface area contributed by atoms with Gasteiger partial charge in [-0.3, -0.25) is 9.63 Å². The van der Waals surface area contributed by atoms with Gasteiger partial charge in [-0.05, 0) is 29.2 Å². The Morgan fingerprint density at radius 2 is 1.65 bits per heavy atom. The fourth-order valence-corrected chi connectivity index (χ4v) is 3.27. The number of carbonyl (C=O) groups is 3. The third-order valence-electron chi connectivity index (χ3n) is 4.79. The third kappa shape index (κ3) is 5.80. The molecule has 0 radical (unpaired) electrons. The molecule has 2 aromatic rings. The molecule has 0 saturated heterocycles. The number of fused-ring (bicyclic) bond motifs is 3. The summed E-state index contributed by atoms with van der Waals surface area (Å²) in [6.07, 6.45) is -1.74. The molecule has 1 aliphatic carbocycles. The molecule has 3 rings (SSSR count). The number of carbonyl (C=O) groups excluding carboxylic acids is 2. The standard InChI is InChI=1S/C22H24N2O7/c1-14(21(26)27)31-24-20(25)13-29-11-10-23-22(28)30-12-19-17-8-4-2-6-15(17)16-7-3-5-9-18(16)19/h2-9,14,19H,10-13H2,1H3,(H,23,28)(H,24,25)(H,26,27). The lowest BCUT2D eigenvalue weighted by Gasteiger charge is -2.14. The summed E-state index contributed by atoms with van der Waals surface area (Å²) in [6.45, 7) is 1.38. The summed E-state index contributed by atoms with van der Waals surface area (Å²) in [5.74, 6) is -1.85. The number of aliphatic carboxylic acids is 1. The highest BCUT2D eigenvalue weighted by Crippen LogP contribution is 2.44. The predicted molar refractivity (Wildman–Crippen MR) is 110 cm³/mol. The molecule has 0 heterocycles. The van der Waals surface area contributed by atoms with Crippen LogP contribution in [0.5, 0.6) is 0 Å². The van der Waals surface area contributed by atoms with Crippen LogP contribution in [0.1, 0.15) is 24.0 Å². The van der Waals surface area contributed by atoms with Gasteiger partial charge in [-0.2, -0.15) is 0 Å². The number of carboxylic acids is 1. The molecule has 2 aromatic carbocycles. The molecule has 1 atom stereocenters. The van der Waals surface area contributed by atoms with Gasteiger partial charge in [0, 0.05) is 12.5 Å². The highest BCUT2D eigenvalue weighted by molar-refractivity contribution is 5.79. The largest absolute Gasteiger partial charge is 0.479 e. The van der Waals surface area contributed by atoms with Crippen molar-refractivity contribution in [2.75, 3.05) is 26.4 Å². The van der Waals surface area contributed by atoms with E-state index in [1.807, 2.05) is 41.9 Å². The van der Waals surface area contributed by atoms with Crippen LogP contribution in [-0.4, -0.2) is 55.5 Å². The first-order chi connectivity index (χ1) is 15.0. The number of nitrogens with one attached hydrogen (secondary N) is 2. The second-order valence-corrected chi connectivity index (χ2v) is 6.93. The number of hydroxylamine groups is 1. The highest BCUT2D eigenvalue weighted by atomic mass is 16.7. The molecule has 0 bridgehead atoms. The fourth-order valence-electron chi connectivity index (χ4n) is 3.27. The zero-order valence-electron chi connectivity index (χ0n) is 17.0. The van der Waals surface area contributed by atoms with E-state index in [-0.39, 0.29) is 32.3 Å². The van der Waals surface area contributed by atoms with Crippen molar-refractivity contribution in [3.63, 3.8) is 0 Å². The van der Waals surface area contributed by atoms with Crippen molar-refractivity contribution in [3.05, 3.63) is 59.7 Å². The number of ether oxygens (including phenoxy) is 2. The average molecular weight is 428 g/mol. The van der Waals surface area contributed by atoms with E-state index in [2.05, 4.69) is 22.3 Å². The summed E-state index contributed by atoms with van der Waals surface area (Å²) in [5, 5.41) is 11.2. The van der Waals surface area contributed by atoms with E-state index in [9.17, 15) is 14.4 Å². The topological polar surface area (TPSA) is 123 Å². The Kier molecular flexibility index (Phi) is 7.58. The smallest absolute Gasteiger partial charge is 0.407 e. The van der Waals surface area contributed by atoms with Crippen LogP contribution in [0.4, 0.5) is 4.79 Å². The average Bonchev–Trinajstić information content (AvgIpc) is 3.09. The lowest BCUT2D eigenvalue weighted by molar-refractivity contribution is -0.160. The first-order valence-corrected chi connectivity index (χ1v) is 9.81. The lowest BCUT2D eigenvalue weighted by atomic mass is 9.98. The molecule has 9 heteroatoms. The second-order valence-electron chi connectivity index (χ2n) is 6.93. The zero-order valence-corrected chi connectivity index (χ0v) is 17.0. The molecule has 1 aliphatic rings. The van der Waals surface area contributed by atoms with Crippen molar-refractivity contribution in [1.29, 1.82) is 0 Å². The third-order valence-corrected chi connectivity index (χ3v) is 4.79. The lowest BCUT2D eigenvalue weighted by Crippen LogP contribution is -2.35. The molecule has 9 nitrogen and oxygen atoms in total. The van der Waals surface area contributed by atoms with Crippen LogP contribution < -0.4 is 10.8 Å². The van der Waals surface area contributed by atoms with Gasteiger partial charge in [-0.15, -0.1) is 0 Å². The minimum atomic E-state index is -1.20. The monoisotopic (exact) mass is 428 g/mol. The summed E-state index contributed by atoms with van der Waals surface area (Å²) in [5.41, 5.74) is 6.54. The molecule has 31 heavy (non-hydrogen) atoms. The van der Waals surface area contributed by atoms with Crippen LogP contribution in [0, 0.1) is 0 Å². The second kappa shape index (κ2) is 10.6. The number of alkyl carbamates (subject to hydrolysis) is 1. The summed E-state index contributed by atoms with van der Waals surface area (Å²) in [4.78, 5) is 38.7. The molecule has 0 aromatic heterocycles. The number of hydrogen-bond donors (Lipinski definition) is 3. The normalized spacial score (nSPS) is 13.1. The molecule has 0 saturated carbocycles. The van der Waals surface area contributed by atoms with Gasteiger partial charge in [0.25, 0.3) is 5.91 Å². The summed E-state index contributed by atoms with van der Waals surface area (Å²) in [6, 6.07) is 16.1. The van der Waals surface area contributed by atoms with Gasteiger partial charge in [-0.25, -0.2) is 15.1 Å². The number of hydrogen-bond acceptors (Lipinski definition) is 6. The Balaban J connectivity index is 1.36. The predicted octanol–water partition coefficient (Wildman–Crippen LogP) is 2.06. The van der Waals surface area contributed by atoms with Gasteiger partial charge >= 0.3 is 12.1 Å². The molecule has 0 spiro atoms. The van der Waals surface area contributed by atoms with Gasteiger partial charge < -0.3 is 19.9 Å². The molecule has 3 N–H and O–H groups in total. The van der Waals surface area contributed by atoms with Crippen LogP contribution >= 0.6 is 0 Å². The van der Waals surface area contributed by atoms with Gasteiger partial charge in [0.1, 0.15) is 13.2 Å². The molecule has 2 amide bonds. The Morgan fingerprint density at radius 3 is 2.26 bits per heavy atom. The molecule has 1 unspecified atom stereocenters. The van der Waals surface area contributed by atoms with E-state index in [0.717, 1.165) is 22.3 Å². The van der Waals surface area contributed by atoms with E-state index in [4.69, 9.17) is 14.6 Å². The van der Waals surface area contributed by atoms with Crippen LogP contribution in [0.15, 0.2) is 48.5 Å². The quantitative estimate of drug-likeness (QED) is 0.391. The number of amides is 2. The maximum atomic E-state index is 12.0. The van der Waals surface area contributed by atoms with Gasteiger partial charge in [0.2, 0.25) is 0 Å². The van der Waals surface area contributed by atoms with Crippen molar-refractivity contribution in [2.45, 2.75) is 18.9 Å². The summed E-state index contributed by atoms with van der Waals surface area (Å²) >= 11 is 0. The van der Waals surface area contributed by atoms with Crippen LogP contribution in [-0.2, 0) is 23.9 Å². The van der Waals surface area contributed by atoms with E-state index < -0.39 is 24.1 Å². The first kappa shape index (κ1) is 22.3. The van der Waals surface area contributed by atoms with Crippen LogP contribution in [0.25, 0.3) is 11.1 Å². The molecule has 0 fully saturated rings. The van der Waals surface area contributed by atoms with Gasteiger partial charge in [0.05, 0.1) is 6.61 Å². The summed E-state index contributed by atoms with van der Waals surface area (Å²) in [7, 11) is 0. The maximum Gasteiger partial charge on any atom is 0.407 e. The molecule has 164 valence electrons. The minimum absolute atomic E-state index is 0.0220. The first-order valence-electron chi connectivity index (χ1n) is 9.81. The van der Waals surface area contributed by atoms with Crippen molar-refractivity contribution in [2.24, 2.45) is 0 Å². The Morgan fingerprint density at radius 1 is 1.03 bits per heavy atom. The van der Waals surface area contributed by atoms with Gasteiger partial charge in [-0.1, -0.05) is 48.5 Å². The SMILES string of the molecule is CC(ONC(=O)COCCNC(=O)OCC1c2ccccc2-c2ccccc21)C(=O)O. The summed E-state index contributed by atoms with van der Waals surface area (Å²) < 4.78 is 10.5. The van der Waals surface area contributed by atoms with Crippen molar-refractivity contribution in [1.82, 2.24) is 10.8 Å². The zero-order chi connectivity index (χ0) is 22.2. The fraction of sp³-hybridized carbons (Fsp3) is 0.318. The molecular weight excluding hydrogens is 404 g/mol. The maximum absolute atomic E-state index is 12.0. The van der Waals surface area contributed by atoms with E-state index >= 15 is 0 Å². The van der Waals surface area contributed by atoms with E-state index in [1.54, 1.807) is 0 Å². The number of carboxylic acid groups (broad SMARTS) is 1. The molecular formula is C22H24N2O7. The van der Waals surface area contributed by atoms with Gasteiger partial charge in [0.15, 0.2) is 6.10 Å². The Labute approximate surface area is 179 Å². The van der Waals surface area contributed by atoms with E-state index in [1.165, 1.54) is 6.92 Å².